The highest BCUT2D eigenvalue weighted by molar-refractivity contribution is 5.53. The standard InChI is InChI=1S/C27H38/c1-3-5-9-13-25-20-22-27(23-21-25)15-11-8-7-10-14-26-18-16-24(17-19-26)12-6-4-2/h10-11,14-19,25,27H,3-6,9,12-13,20-23H2,1-2H3/b14-10+,15-11+/t25-,27-. The number of hydrogen-bond donors (Lipinski definition) is 0. The molecule has 1 aliphatic rings. The largest absolute Gasteiger partial charge is 0.0730 e. The lowest BCUT2D eigenvalue weighted by Gasteiger charge is -2.26. The molecule has 0 unspecified atom stereocenters. The van der Waals surface area contributed by atoms with Crippen molar-refractivity contribution >= 4 is 6.08 Å². The highest BCUT2D eigenvalue weighted by atomic mass is 14.2. The fourth-order valence-corrected chi connectivity index (χ4v) is 3.95. The van der Waals surface area contributed by atoms with E-state index in [-0.39, 0.29) is 0 Å². The predicted octanol–water partition coefficient (Wildman–Crippen LogP) is 7.99. The minimum Gasteiger partial charge on any atom is -0.0730 e. The van der Waals surface area contributed by atoms with Crippen LogP contribution >= 0.6 is 0 Å². The van der Waals surface area contributed by atoms with Crippen LogP contribution in [0, 0.1) is 23.7 Å². The van der Waals surface area contributed by atoms with E-state index in [9.17, 15) is 0 Å². The lowest BCUT2D eigenvalue weighted by molar-refractivity contribution is 0.289. The molecule has 0 amide bonds. The van der Waals surface area contributed by atoms with Gasteiger partial charge in [0.05, 0.1) is 0 Å². The van der Waals surface area contributed by atoms with Crippen molar-refractivity contribution in [1.29, 1.82) is 0 Å². The van der Waals surface area contributed by atoms with Gasteiger partial charge in [-0.15, -0.1) is 0 Å². The lowest BCUT2D eigenvalue weighted by atomic mass is 9.79. The second kappa shape index (κ2) is 13.4. The van der Waals surface area contributed by atoms with Crippen LogP contribution in [0.25, 0.3) is 6.08 Å². The Labute approximate surface area is 168 Å². The molecule has 1 aromatic rings. The SMILES string of the molecule is CCCCC[C@H]1CC[C@H](/C=C/C#C/C=C/c2ccc(CCCC)cc2)CC1. The Morgan fingerprint density at radius 3 is 2.26 bits per heavy atom. The summed E-state index contributed by atoms with van der Waals surface area (Å²) in [6.07, 6.45) is 23.4. The highest BCUT2D eigenvalue weighted by Crippen LogP contribution is 2.32. The number of unbranched alkanes of at least 4 members (excludes halogenated alkanes) is 3. The third kappa shape index (κ3) is 9.14. The van der Waals surface area contributed by atoms with Crippen LogP contribution < -0.4 is 0 Å². The van der Waals surface area contributed by atoms with Gasteiger partial charge < -0.3 is 0 Å². The van der Waals surface area contributed by atoms with Crippen molar-refractivity contribution in [2.75, 3.05) is 0 Å². The Balaban J connectivity index is 1.67. The summed E-state index contributed by atoms with van der Waals surface area (Å²) >= 11 is 0. The van der Waals surface area contributed by atoms with Crippen molar-refractivity contribution in [3.8, 4) is 11.8 Å². The Morgan fingerprint density at radius 2 is 1.56 bits per heavy atom. The summed E-state index contributed by atoms with van der Waals surface area (Å²) in [6.45, 7) is 4.53. The van der Waals surface area contributed by atoms with Crippen molar-refractivity contribution in [2.24, 2.45) is 11.8 Å². The molecule has 0 aliphatic heterocycles. The van der Waals surface area contributed by atoms with Crippen molar-refractivity contribution in [3.05, 3.63) is 53.6 Å². The summed E-state index contributed by atoms with van der Waals surface area (Å²) in [7, 11) is 0. The molecular formula is C27H38. The molecule has 0 atom stereocenters. The molecular weight excluding hydrogens is 324 g/mol. The molecule has 0 radical (unpaired) electrons. The number of benzene rings is 1. The third-order valence-corrected chi connectivity index (χ3v) is 5.80. The van der Waals surface area contributed by atoms with E-state index in [1.807, 2.05) is 6.08 Å². The van der Waals surface area contributed by atoms with E-state index < -0.39 is 0 Å². The Hall–Kier alpha value is -1.74. The van der Waals surface area contributed by atoms with Crippen LogP contribution in [0.4, 0.5) is 0 Å². The number of rotatable bonds is 9. The molecule has 0 N–H and O–H groups in total. The third-order valence-electron chi connectivity index (χ3n) is 5.80. The highest BCUT2D eigenvalue weighted by Gasteiger charge is 2.18. The summed E-state index contributed by atoms with van der Waals surface area (Å²) in [6, 6.07) is 8.86. The summed E-state index contributed by atoms with van der Waals surface area (Å²) in [5.41, 5.74) is 2.66. The first kappa shape index (κ1) is 21.6. The lowest BCUT2D eigenvalue weighted by Crippen LogP contribution is -2.12. The maximum Gasteiger partial charge on any atom is -0.0109 e. The van der Waals surface area contributed by atoms with Gasteiger partial charge in [0, 0.05) is 0 Å². The Bertz CT molecular complexity index is 612. The summed E-state index contributed by atoms with van der Waals surface area (Å²) in [5.74, 6) is 8.07. The van der Waals surface area contributed by atoms with E-state index in [2.05, 4.69) is 68.2 Å². The zero-order chi connectivity index (χ0) is 19.2. The van der Waals surface area contributed by atoms with Crippen LogP contribution in [0.5, 0.6) is 0 Å². The van der Waals surface area contributed by atoms with Gasteiger partial charge in [-0.1, -0.05) is 88.1 Å². The van der Waals surface area contributed by atoms with Gasteiger partial charge in [-0.25, -0.2) is 0 Å². The molecule has 0 bridgehead atoms. The summed E-state index contributed by atoms with van der Waals surface area (Å²) < 4.78 is 0. The van der Waals surface area contributed by atoms with Crippen molar-refractivity contribution in [3.63, 3.8) is 0 Å². The van der Waals surface area contributed by atoms with Gasteiger partial charge in [0.2, 0.25) is 0 Å². The van der Waals surface area contributed by atoms with E-state index in [1.165, 1.54) is 81.8 Å². The van der Waals surface area contributed by atoms with E-state index in [4.69, 9.17) is 0 Å². The van der Waals surface area contributed by atoms with Crippen LogP contribution in [0.3, 0.4) is 0 Å². The van der Waals surface area contributed by atoms with Gasteiger partial charge >= 0.3 is 0 Å². The van der Waals surface area contributed by atoms with Crippen molar-refractivity contribution in [2.45, 2.75) is 84.5 Å². The molecule has 0 saturated heterocycles. The first-order valence-electron chi connectivity index (χ1n) is 11.2. The second-order valence-corrected chi connectivity index (χ2v) is 8.10. The molecule has 1 saturated carbocycles. The normalized spacial score (nSPS) is 20.1. The van der Waals surface area contributed by atoms with E-state index in [0.717, 1.165) is 11.8 Å². The molecule has 0 aromatic heterocycles. The average Bonchev–Trinajstić information content (AvgIpc) is 2.71. The zero-order valence-electron chi connectivity index (χ0n) is 17.6. The van der Waals surface area contributed by atoms with Crippen LogP contribution in [0.15, 0.2) is 42.5 Å². The zero-order valence-corrected chi connectivity index (χ0v) is 17.6. The molecule has 146 valence electrons. The minimum atomic E-state index is 0.751. The fraction of sp³-hybridized carbons (Fsp3) is 0.556. The van der Waals surface area contributed by atoms with Gasteiger partial charge in [-0.2, -0.15) is 0 Å². The molecule has 1 aromatic carbocycles. The molecule has 0 spiro atoms. The van der Waals surface area contributed by atoms with Crippen molar-refractivity contribution in [1.82, 2.24) is 0 Å². The van der Waals surface area contributed by atoms with E-state index >= 15 is 0 Å². The van der Waals surface area contributed by atoms with E-state index in [0.29, 0.717) is 0 Å². The van der Waals surface area contributed by atoms with E-state index in [1.54, 1.807) is 0 Å². The summed E-state index contributed by atoms with van der Waals surface area (Å²) in [4.78, 5) is 0. The molecule has 1 aliphatic carbocycles. The van der Waals surface area contributed by atoms with Crippen LogP contribution in [0.1, 0.15) is 89.2 Å². The maximum atomic E-state index is 3.18. The smallest absolute Gasteiger partial charge is 0.0109 e. The maximum absolute atomic E-state index is 3.18. The van der Waals surface area contributed by atoms with Crippen LogP contribution in [-0.2, 0) is 6.42 Å². The first-order valence-corrected chi connectivity index (χ1v) is 11.2. The van der Waals surface area contributed by atoms with Crippen LogP contribution in [0.2, 0.25) is 0 Å². The Morgan fingerprint density at radius 1 is 0.852 bits per heavy atom. The molecule has 1 fully saturated rings. The second-order valence-electron chi connectivity index (χ2n) is 8.10. The number of allylic oxidation sites excluding steroid dienone is 3. The topological polar surface area (TPSA) is 0 Å². The van der Waals surface area contributed by atoms with Gasteiger partial charge in [0.25, 0.3) is 0 Å². The predicted molar refractivity (Wildman–Crippen MR) is 121 cm³/mol. The van der Waals surface area contributed by atoms with Crippen molar-refractivity contribution < 1.29 is 0 Å². The average molecular weight is 363 g/mol. The quantitative estimate of drug-likeness (QED) is 0.308. The first-order chi connectivity index (χ1) is 13.3. The van der Waals surface area contributed by atoms with Gasteiger partial charge in [0.1, 0.15) is 0 Å². The molecule has 0 nitrogen and oxygen atoms in total. The minimum absolute atomic E-state index is 0.751. The molecule has 27 heavy (non-hydrogen) atoms. The van der Waals surface area contributed by atoms with Gasteiger partial charge in [-0.3, -0.25) is 0 Å². The summed E-state index contributed by atoms with van der Waals surface area (Å²) in [5, 5.41) is 0. The number of aryl methyl sites for hydroxylation is 1. The van der Waals surface area contributed by atoms with Gasteiger partial charge in [0.15, 0.2) is 0 Å². The Kier molecular flexibility index (Phi) is 10.7. The fourth-order valence-electron chi connectivity index (χ4n) is 3.95. The molecule has 0 heterocycles. The van der Waals surface area contributed by atoms with Gasteiger partial charge in [-0.05, 0) is 79.7 Å². The monoisotopic (exact) mass is 362 g/mol. The van der Waals surface area contributed by atoms with Crippen LogP contribution in [-0.4, -0.2) is 0 Å². The molecule has 0 heteroatoms. The number of hydrogen-bond acceptors (Lipinski definition) is 0. The molecule has 2 rings (SSSR count).